The van der Waals surface area contributed by atoms with Gasteiger partial charge in [-0.15, -0.1) is 29.8 Å². The second-order valence-corrected chi connectivity index (χ2v) is 3.59. The van der Waals surface area contributed by atoms with Gasteiger partial charge in [-0.1, -0.05) is 0 Å². The third kappa shape index (κ3) is 3.11. The molecule has 0 fully saturated rings. The van der Waals surface area contributed by atoms with Crippen molar-refractivity contribution in [2.75, 3.05) is 7.11 Å². The van der Waals surface area contributed by atoms with Crippen LogP contribution in [0.4, 0.5) is 0 Å². The number of methoxy groups -OCH3 is 1. The molecular formula is C13H13IrN2O-. The van der Waals surface area contributed by atoms with Crippen LogP contribution in [0.15, 0.2) is 24.4 Å². The zero-order chi connectivity index (χ0) is 11.5. The van der Waals surface area contributed by atoms with Gasteiger partial charge in [-0.2, -0.15) is 0 Å². The van der Waals surface area contributed by atoms with Crippen LogP contribution in [-0.2, 0) is 20.1 Å². The van der Waals surface area contributed by atoms with Crippen LogP contribution >= 0.6 is 0 Å². The fraction of sp³-hybridized carbons (Fsp3) is 0.231. The van der Waals surface area contributed by atoms with Crippen LogP contribution in [-0.4, -0.2) is 17.1 Å². The topological polar surface area (TPSA) is 35.0 Å². The fourth-order valence-electron chi connectivity index (χ4n) is 1.57. The van der Waals surface area contributed by atoms with Crippen LogP contribution in [0, 0.1) is 19.9 Å². The monoisotopic (exact) mass is 406 g/mol. The Labute approximate surface area is 115 Å². The molecule has 1 heterocycles. The molecular weight excluding hydrogens is 392 g/mol. The Morgan fingerprint density at radius 3 is 2.71 bits per heavy atom. The van der Waals surface area contributed by atoms with Gasteiger partial charge in [0, 0.05) is 43.4 Å². The molecule has 2 aromatic rings. The SMILES string of the molecule is COc1cc[c-]c(-c2ncc(C)nc2C)c1.[Ir]. The zero-order valence-electron chi connectivity index (χ0n) is 9.95. The molecule has 17 heavy (non-hydrogen) atoms. The summed E-state index contributed by atoms with van der Waals surface area (Å²) in [6.07, 6.45) is 1.76. The maximum atomic E-state index is 5.17. The first-order valence-electron chi connectivity index (χ1n) is 5.07. The van der Waals surface area contributed by atoms with E-state index in [1.807, 2.05) is 32.0 Å². The maximum absolute atomic E-state index is 5.17. The molecule has 2 rings (SSSR count). The van der Waals surface area contributed by atoms with Crippen molar-refractivity contribution < 1.29 is 24.8 Å². The Bertz CT molecular complexity index is 515. The van der Waals surface area contributed by atoms with Gasteiger partial charge in [0.1, 0.15) is 0 Å². The first kappa shape index (κ1) is 13.8. The van der Waals surface area contributed by atoms with Gasteiger partial charge in [0.05, 0.1) is 12.8 Å². The minimum atomic E-state index is 0. The van der Waals surface area contributed by atoms with Crippen LogP contribution in [0.5, 0.6) is 5.75 Å². The summed E-state index contributed by atoms with van der Waals surface area (Å²) in [7, 11) is 1.65. The van der Waals surface area contributed by atoms with Gasteiger partial charge >= 0.3 is 0 Å². The standard InChI is InChI=1S/C13H13N2O.Ir/c1-9-8-14-13(10(2)15-9)11-5-4-6-12(7-11)16-3;/h4,6-8H,1-3H3;/q-1;. The van der Waals surface area contributed by atoms with Gasteiger partial charge in [0.25, 0.3) is 0 Å². The summed E-state index contributed by atoms with van der Waals surface area (Å²) < 4.78 is 5.17. The summed E-state index contributed by atoms with van der Waals surface area (Å²) >= 11 is 0. The predicted octanol–water partition coefficient (Wildman–Crippen LogP) is 2.57. The molecule has 0 bridgehead atoms. The number of benzene rings is 1. The van der Waals surface area contributed by atoms with Crippen molar-refractivity contribution in [3.63, 3.8) is 0 Å². The molecule has 0 saturated heterocycles. The normalized spacial score (nSPS) is 9.59. The molecule has 0 aliphatic heterocycles. The minimum absolute atomic E-state index is 0. The molecule has 0 aliphatic rings. The molecule has 0 aliphatic carbocycles. The quantitative estimate of drug-likeness (QED) is 0.721. The molecule has 0 spiro atoms. The van der Waals surface area contributed by atoms with Crippen LogP contribution in [0.2, 0.25) is 0 Å². The maximum Gasteiger partial charge on any atom is 0.0751 e. The number of ether oxygens (including phenoxy) is 1. The van der Waals surface area contributed by atoms with Crippen molar-refractivity contribution >= 4 is 0 Å². The van der Waals surface area contributed by atoms with Crippen molar-refractivity contribution in [2.24, 2.45) is 0 Å². The van der Waals surface area contributed by atoms with Gasteiger partial charge in [0.2, 0.25) is 0 Å². The number of aromatic nitrogens is 2. The molecule has 1 aromatic heterocycles. The van der Waals surface area contributed by atoms with E-state index >= 15 is 0 Å². The molecule has 0 saturated carbocycles. The Balaban J connectivity index is 0.00000144. The molecule has 0 amide bonds. The van der Waals surface area contributed by atoms with Gasteiger partial charge < -0.3 is 9.72 Å². The van der Waals surface area contributed by atoms with E-state index in [1.165, 1.54) is 0 Å². The predicted molar refractivity (Wildman–Crippen MR) is 62.3 cm³/mol. The van der Waals surface area contributed by atoms with Crippen LogP contribution in [0.25, 0.3) is 11.3 Å². The van der Waals surface area contributed by atoms with E-state index in [0.717, 1.165) is 28.4 Å². The summed E-state index contributed by atoms with van der Waals surface area (Å²) in [5.74, 6) is 0.801. The van der Waals surface area contributed by atoms with Crippen molar-refractivity contribution in [1.29, 1.82) is 0 Å². The molecule has 3 nitrogen and oxygen atoms in total. The smallest absolute Gasteiger partial charge is 0.0751 e. The Morgan fingerprint density at radius 2 is 2.06 bits per heavy atom. The van der Waals surface area contributed by atoms with Crippen LogP contribution < -0.4 is 4.74 Å². The van der Waals surface area contributed by atoms with E-state index in [2.05, 4.69) is 16.0 Å². The fourth-order valence-corrected chi connectivity index (χ4v) is 1.57. The molecule has 0 N–H and O–H groups in total. The number of rotatable bonds is 2. The van der Waals surface area contributed by atoms with Crippen molar-refractivity contribution in [1.82, 2.24) is 9.97 Å². The van der Waals surface area contributed by atoms with Gasteiger partial charge in [-0.05, 0) is 13.8 Å². The third-order valence-electron chi connectivity index (χ3n) is 2.33. The molecule has 1 radical (unpaired) electrons. The van der Waals surface area contributed by atoms with Crippen LogP contribution in [0.3, 0.4) is 0 Å². The third-order valence-corrected chi connectivity index (χ3v) is 2.33. The molecule has 1 aromatic carbocycles. The van der Waals surface area contributed by atoms with E-state index in [4.69, 9.17) is 4.74 Å². The Kier molecular flexibility index (Phi) is 4.79. The van der Waals surface area contributed by atoms with E-state index in [0.29, 0.717) is 0 Å². The van der Waals surface area contributed by atoms with Crippen molar-refractivity contribution in [3.05, 3.63) is 41.9 Å². The van der Waals surface area contributed by atoms with E-state index in [-0.39, 0.29) is 20.1 Å². The molecule has 91 valence electrons. The summed E-state index contributed by atoms with van der Waals surface area (Å²) in [6, 6.07) is 8.74. The van der Waals surface area contributed by atoms with Gasteiger partial charge in [-0.25, -0.2) is 0 Å². The zero-order valence-corrected chi connectivity index (χ0v) is 12.3. The Morgan fingerprint density at radius 1 is 1.29 bits per heavy atom. The van der Waals surface area contributed by atoms with Crippen molar-refractivity contribution in [3.8, 4) is 17.0 Å². The largest absolute Gasteiger partial charge is 0.516 e. The Hall–Kier alpha value is -1.25. The van der Waals surface area contributed by atoms with E-state index in [9.17, 15) is 0 Å². The summed E-state index contributed by atoms with van der Waals surface area (Å²) in [5.41, 5.74) is 3.59. The van der Waals surface area contributed by atoms with Gasteiger partial charge in [-0.3, -0.25) is 4.98 Å². The first-order chi connectivity index (χ1) is 7.70. The molecule has 0 unspecified atom stereocenters. The second-order valence-electron chi connectivity index (χ2n) is 3.59. The van der Waals surface area contributed by atoms with Gasteiger partial charge in [0.15, 0.2) is 0 Å². The summed E-state index contributed by atoms with van der Waals surface area (Å²) in [5, 5.41) is 0. The average molecular weight is 405 g/mol. The number of hydrogen-bond donors (Lipinski definition) is 0. The number of hydrogen-bond acceptors (Lipinski definition) is 3. The molecule has 4 heteroatoms. The molecule has 0 atom stereocenters. The van der Waals surface area contributed by atoms with Crippen LogP contribution in [0.1, 0.15) is 11.4 Å². The average Bonchev–Trinajstić information content (AvgIpc) is 2.29. The van der Waals surface area contributed by atoms with Crippen molar-refractivity contribution in [2.45, 2.75) is 13.8 Å². The second kappa shape index (κ2) is 5.89. The summed E-state index contributed by atoms with van der Waals surface area (Å²) in [4.78, 5) is 8.76. The number of nitrogens with zero attached hydrogens (tertiary/aromatic N) is 2. The minimum Gasteiger partial charge on any atom is -0.516 e. The first-order valence-corrected chi connectivity index (χ1v) is 5.07. The van der Waals surface area contributed by atoms with E-state index < -0.39 is 0 Å². The van der Waals surface area contributed by atoms with E-state index in [1.54, 1.807) is 13.3 Å². The summed E-state index contributed by atoms with van der Waals surface area (Å²) in [6.45, 7) is 3.88. The number of aryl methyl sites for hydroxylation is 2.